The molecule has 0 spiro atoms. The van der Waals surface area contributed by atoms with Crippen LogP contribution in [0.4, 0.5) is 5.69 Å². The van der Waals surface area contributed by atoms with Gasteiger partial charge in [-0.15, -0.1) is 0 Å². The molecule has 0 saturated heterocycles. The Balaban J connectivity index is 1.77. The number of hydrogen-bond acceptors (Lipinski definition) is 1. The molecule has 1 aliphatic rings. The average molecular weight is 337 g/mol. The van der Waals surface area contributed by atoms with Crippen molar-refractivity contribution in [1.82, 2.24) is 0 Å². The van der Waals surface area contributed by atoms with E-state index >= 15 is 0 Å². The van der Waals surface area contributed by atoms with Gasteiger partial charge in [-0.2, -0.15) is 0 Å². The quantitative estimate of drug-likeness (QED) is 0.767. The number of nitrogens with one attached hydrogen (secondary N) is 1. The summed E-state index contributed by atoms with van der Waals surface area (Å²) in [5, 5.41) is 4.19. The lowest BCUT2D eigenvalue weighted by Gasteiger charge is -2.12. The molecule has 0 heterocycles. The van der Waals surface area contributed by atoms with Gasteiger partial charge in [0.2, 0.25) is 0 Å². The van der Waals surface area contributed by atoms with E-state index in [1.165, 1.54) is 24.0 Å². The highest BCUT2D eigenvalue weighted by Crippen LogP contribution is 2.41. The van der Waals surface area contributed by atoms with Crippen molar-refractivity contribution in [3.05, 3.63) is 63.1 Å². The van der Waals surface area contributed by atoms with Gasteiger partial charge in [0, 0.05) is 11.0 Å². The molecule has 0 amide bonds. The first kappa shape index (κ1) is 13.0. The van der Waals surface area contributed by atoms with Crippen molar-refractivity contribution in [3.63, 3.8) is 0 Å². The van der Waals surface area contributed by atoms with Crippen LogP contribution in [0.15, 0.2) is 46.9 Å². The molecule has 0 aliphatic heterocycles. The molecule has 1 saturated carbocycles. The Kier molecular flexibility index (Phi) is 3.81. The highest BCUT2D eigenvalue weighted by Gasteiger charge is 2.25. The normalized spacial score (nSPS) is 14.4. The molecule has 0 atom stereocenters. The van der Waals surface area contributed by atoms with E-state index in [0.717, 1.165) is 27.6 Å². The summed E-state index contributed by atoms with van der Waals surface area (Å²) in [6.45, 7) is 0.822. The lowest BCUT2D eigenvalue weighted by Crippen LogP contribution is -2.02. The summed E-state index contributed by atoms with van der Waals surface area (Å²) in [7, 11) is 0. The molecule has 0 aromatic heterocycles. The molecule has 1 N–H and O–H groups in total. The Hall–Kier alpha value is -0.990. The van der Waals surface area contributed by atoms with Gasteiger partial charge in [-0.25, -0.2) is 0 Å². The zero-order valence-corrected chi connectivity index (χ0v) is 12.8. The van der Waals surface area contributed by atoms with Crippen LogP contribution >= 0.6 is 27.5 Å². The van der Waals surface area contributed by atoms with Crippen LogP contribution in [-0.2, 0) is 6.54 Å². The molecule has 98 valence electrons. The maximum absolute atomic E-state index is 6.19. The molecule has 2 aromatic carbocycles. The lowest BCUT2D eigenvalue weighted by molar-refractivity contribution is 1.04. The van der Waals surface area contributed by atoms with Crippen LogP contribution in [0.5, 0.6) is 0 Å². The number of hydrogen-bond donors (Lipinski definition) is 1. The number of benzene rings is 2. The maximum atomic E-state index is 6.19. The molecule has 0 radical (unpaired) electrons. The molecule has 3 heteroatoms. The number of halogens is 2. The minimum Gasteiger partial charge on any atom is -0.380 e. The van der Waals surface area contributed by atoms with Crippen molar-refractivity contribution in [2.24, 2.45) is 0 Å². The van der Waals surface area contributed by atoms with Gasteiger partial charge in [-0.05, 0) is 48.1 Å². The van der Waals surface area contributed by atoms with Crippen LogP contribution in [0.2, 0.25) is 5.02 Å². The van der Waals surface area contributed by atoms with Gasteiger partial charge in [0.25, 0.3) is 0 Å². The molecular weight excluding hydrogens is 322 g/mol. The van der Waals surface area contributed by atoms with E-state index in [0.29, 0.717) is 0 Å². The fourth-order valence-corrected chi connectivity index (χ4v) is 2.86. The first-order valence-corrected chi connectivity index (χ1v) is 7.68. The van der Waals surface area contributed by atoms with Crippen LogP contribution < -0.4 is 5.32 Å². The van der Waals surface area contributed by atoms with Gasteiger partial charge in [0.05, 0.1) is 10.7 Å². The number of rotatable bonds is 4. The maximum Gasteiger partial charge on any atom is 0.0638 e. The molecule has 19 heavy (non-hydrogen) atoms. The van der Waals surface area contributed by atoms with Gasteiger partial charge in [0.15, 0.2) is 0 Å². The third kappa shape index (κ3) is 3.13. The lowest BCUT2D eigenvalue weighted by atomic mass is 10.0. The summed E-state index contributed by atoms with van der Waals surface area (Å²) >= 11 is 9.67. The molecule has 0 bridgehead atoms. The van der Waals surface area contributed by atoms with E-state index in [4.69, 9.17) is 11.6 Å². The summed E-state index contributed by atoms with van der Waals surface area (Å²) in [6, 6.07) is 14.5. The van der Waals surface area contributed by atoms with E-state index in [-0.39, 0.29) is 0 Å². The third-order valence-electron chi connectivity index (χ3n) is 3.47. The largest absolute Gasteiger partial charge is 0.380 e. The van der Waals surface area contributed by atoms with E-state index in [1.807, 2.05) is 18.2 Å². The van der Waals surface area contributed by atoms with E-state index in [9.17, 15) is 0 Å². The SMILES string of the molecule is Clc1ccc(Br)cc1NCc1ccccc1C1CC1. The third-order valence-corrected chi connectivity index (χ3v) is 4.29. The predicted octanol–water partition coefficient (Wildman–Crippen LogP) is 5.59. The second-order valence-electron chi connectivity index (χ2n) is 4.95. The van der Waals surface area contributed by atoms with Crippen molar-refractivity contribution in [3.8, 4) is 0 Å². The Bertz CT molecular complexity index is 593. The van der Waals surface area contributed by atoms with E-state index in [1.54, 1.807) is 0 Å². The predicted molar refractivity (Wildman–Crippen MR) is 84.9 cm³/mol. The molecule has 2 aromatic rings. The first-order chi connectivity index (χ1) is 9.24. The monoisotopic (exact) mass is 335 g/mol. The molecule has 1 nitrogen and oxygen atoms in total. The molecule has 3 rings (SSSR count). The fourth-order valence-electron chi connectivity index (χ4n) is 2.31. The smallest absolute Gasteiger partial charge is 0.0638 e. The van der Waals surface area contributed by atoms with Crippen molar-refractivity contribution in [2.45, 2.75) is 25.3 Å². The highest BCUT2D eigenvalue weighted by atomic mass is 79.9. The van der Waals surface area contributed by atoms with Crippen molar-refractivity contribution in [1.29, 1.82) is 0 Å². The first-order valence-electron chi connectivity index (χ1n) is 6.51. The van der Waals surface area contributed by atoms with Crippen molar-refractivity contribution < 1.29 is 0 Å². The Morgan fingerprint density at radius 1 is 1.16 bits per heavy atom. The highest BCUT2D eigenvalue weighted by molar-refractivity contribution is 9.10. The fraction of sp³-hybridized carbons (Fsp3) is 0.250. The van der Waals surface area contributed by atoms with Crippen LogP contribution in [0.25, 0.3) is 0 Å². The Labute approximate surface area is 127 Å². The van der Waals surface area contributed by atoms with Gasteiger partial charge in [0.1, 0.15) is 0 Å². The molecule has 1 aliphatic carbocycles. The summed E-state index contributed by atoms with van der Waals surface area (Å²) in [6.07, 6.45) is 2.66. The molecular formula is C16H15BrClN. The average Bonchev–Trinajstić information content (AvgIpc) is 3.25. The second-order valence-corrected chi connectivity index (χ2v) is 6.27. The summed E-state index contributed by atoms with van der Waals surface area (Å²) in [5.74, 6) is 0.774. The molecule has 1 fully saturated rings. The zero-order valence-electron chi connectivity index (χ0n) is 10.5. The van der Waals surface area contributed by atoms with Crippen LogP contribution in [0.3, 0.4) is 0 Å². The van der Waals surface area contributed by atoms with Crippen molar-refractivity contribution in [2.75, 3.05) is 5.32 Å². The summed E-state index contributed by atoms with van der Waals surface area (Å²) in [4.78, 5) is 0. The van der Waals surface area contributed by atoms with E-state index < -0.39 is 0 Å². The van der Waals surface area contributed by atoms with Gasteiger partial charge in [-0.1, -0.05) is 51.8 Å². The molecule has 0 unspecified atom stereocenters. The van der Waals surface area contributed by atoms with Gasteiger partial charge in [-0.3, -0.25) is 0 Å². The number of anilines is 1. The topological polar surface area (TPSA) is 12.0 Å². The Morgan fingerprint density at radius 2 is 1.95 bits per heavy atom. The minimum atomic E-state index is 0.757. The standard InChI is InChI=1S/C16H15BrClN/c17-13-7-8-15(18)16(9-13)19-10-12-3-1-2-4-14(12)11-5-6-11/h1-4,7-9,11,19H,5-6,10H2. The second kappa shape index (κ2) is 5.56. The summed E-state index contributed by atoms with van der Waals surface area (Å²) in [5.41, 5.74) is 3.84. The minimum absolute atomic E-state index is 0.757. The summed E-state index contributed by atoms with van der Waals surface area (Å²) < 4.78 is 1.04. The van der Waals surface area contributed by atoms with Crippen LogP contribution in [-0.4, -0.2) is 0 Å². The van der Waals surface area contributed by atoms with Crippen molar-refractivity contribution >= 4 is 33.2 Å². The van der Waals surface area contributed by atoms with Crippen LogP contribution in [0, 0.1) is 0 Å². The van der Waals surface area contributed by atoms with Crippen LogP contribution in [0.1, 0.15) is 29.9 Å². The zero-order chi connectivity index (χ0) is 13.2. The van der Waals surface area contributed by atoms with E-state index in [2.05, 4.69) is 45.5 Å². The van der Waals surface area contributed by atoms with Gasteiger partial charge < -0.3 is 5.32 Å². The Morgan fingerprint density at radius 3 is 2.74 bits per heavy atom. The van der Waals surface area contributed by atoms with Gasteiger partial charge >= 0.3 is 0 Å².